The summed E-state index contributed by atoms with van der Waals surface area (Å²) in [4.78, 5) is 49.3. The zero-order valence-electron chi connectivity index (χ0n) is 32.4. The molecule has 2 saturated carbocycles. The Morgan fingerprint density at radius 3 is 2.06 bits per heavy atom. The summed E-state index contributed by atoms with van der Waals surface area (Å²) in [6, 6.07) is 0. The molecule has 4 aliphatic carbocycles. The fourth-order valence-electron chi connectivity index (χ4n) is 11.9. The number of aliphatic hydroxyl groups is 2. The van der Waals surface area contributed by atoms with E-state index in [2.05, 4.69) is 34.6 Å². The maximum atomic E-state index is 13.3. The summed E-state index contributed by atoms with van der Waals surface area (Å²) in [5, 5.41) is 30.6. The van der Waals surface area contributed by atoms with Gasteiger partial charge in [0.25, 0.3) is 0 Å². The van der Waals surface area contributed by atoms with Crippen LogP contribution in [-0.4, -0.2) is 75.0 Å². The maximum absolute atomic E-state index is 13.3. The highest BCUT2D eigenvalue weighted by molar-refractivity contribution is 5.74. The van der Waals surface area contributed by atoms with Crippen molar-refractivity contribution >= 4 is 23.9 Å². The van der Waals surface area contributed by atoms with Crippen LogP contribution >= 0.6 is 0 Å². The molecular formula is C40H62O11. The largest absolute Gasteiger partial charge is 0.481 e. The molecule has 11 heteroatoms. The van der Waals surface area contributed by atoms with Crippen LogP contribution in [0.5, 0.6) is 0 Å². The topological polar surface area (TPSA) is 166 Å². The first-order chi connectivity index (χ1) is 23.4. The highest BCUT2D eigenvalue weighted by Gasteiger charge is 2.66. The maximum Gasteiger partial charge on any atom is 0.309 e. The van der Waals surface area contributed by atoms with E-state index in [-0.39, 0.29) is 40.0 Å². The van der Waals surface area contributed by atoms with E-state index in [9.17, 15) is 34.5 Å². The average Bonchev–Trinajstić information content (AvgIpc) is 3.24. The number of allylic oxidation sites excluding steroid dienone is 2. The molecule has 0 aromatic rings. The highest BCUT2D eigenvalue weighted by atomic mass is 16.7. The van der Waals surface area contributed by atoms with Gasteiger partial charge in [0.2, 0.25) is 6.29 Å². The van der Waals surface area contributed by atoms with Gasteiger partial charge in [0.15, 0.2) is 0 Å². The molecule has 0 spiro atoms. The smallest absolute Gasteiger partial charge is 0.309 e. The molecule has 0 aromatic heterocycles. The average molecular weight is 719 g/mol. The number of carboxylic acids is 1. The lowest BCUT2D eigenvalue weighted by molar-refractivity contribution is -0.258. The number of esters is 3. The van der Waals surface area contributed by atoms with Gasteiger partial charge in [-0.15, -0.1) is 0 Å². The minimum atomic E-state index is -1.79. The lowest BCUT2D eigenvalue weighted by atomic mass is 9.43. The molecule has 3 N–H and O–H groups in total. The van der Waals surface area contributed by atoms with Crippen molar-refractivity contribution in [1.82, 2.24) is 0 Å². The van der Waals surface area contributed by atoms with Crippen LogP contribution in [0.4, 0.5) is 0 Å². The van der Waals surface area contributed by atoms with Crippen molar-refractivity contribution in [3.63, 3.8) is 0 Å². The van der Waals surface area contributed by atoms with Gasteiger partial charge in [-0.2, -0.15) is 0 Å². The molecule has 0 radical (unpaired) electrons. The molecular weight excluding hydrogens is 656 g/mol. The van der Waals surface area contributed by atoms with E-state index in [1.807, 2.05) is 0 Å². The van der Waals surface area contributed by atoms with Gasteiger partial charge in [-0.25, -0.2) is 0 Å². The first kappa shape index (κ1) is 39.7. The highest BCUT2D eigenvalue weighted by Crippen LogP contribution is 2.73. The SMILES string of the molecule is CC(=O)OC1O[C@@H](C(C)(C)O)CC[C@@H]1[C@H]1CC[C@@]2(C)C3=C(CC[C@]12C)[C@@]1(C)C[C@@H](OC(=O)CC(C)(O)CC(=O)O)[C@H](OC(C)=O)C(C)(C)C1CC3. The van der Waals surface area contributed by atoms with Crippen LogP contribution in [-0.2, 0) is 38.1 Å². The Morgan fingerprint density at radius 1 is 0.824 bits per heavy atom. The van der Waals surface area contributed by atoms with Crippen molar-refractivity contribution in [2.75, 3.05) is 0 Å². The van der Waals surface area contributed by atoms with Gasteiger partial charge in [-0.05, 0) is 107 Å². The van der Waals surface area contributed by atoms with Gasteiger partial charge in [0.05, 0.1) is 30.1 Å². The fraction of sp³-hybridized carbons (Fsp3) is 0.850. The molecule has 5 aliphatic rings. The molecule has 1 heterocycles. The summed E-state index contributed by atoms with van der Waals surface area (Å²) in [5.41, 5.74) is -1.08. The number of aliphatic carboxylic acids is 1. The second-order valence-electron chi connectivity index (χ2n) is 18.7. The van der Waals surface area contributed by atoms with E-state index in [1.165, 1.54) is 31.9 Å². The summed E-state index contributed by atoms with van der Waals surface area (Å²) >= 11 is 0. The van der Waals surface area contributed by atoms with Crippen LogP contribution in [0.15, 0.2) is 11.1 Å². The molecule has 0 bridgehead atoms. The van der Waals surface area contributed by atoms with Gasteiger partial charge in [0.1, 0.15) is 12.2 Å². The molecule has 3 fully saturated rings. The standard InChI is InChI=1S/C40H62O11/c1-22(41)48-33-28(50-32(45)21-37(7,47)20-31(43)44)19-38(8)26-16-18-39(9)25(15-17-40(39,10)27(26)12-13-29(38)35(33,3)4)24-11-14-30(36(5,6)46)51-34(24)49-23(2)42/h24-25,28-30,33-34,46-47H,11-21H2,1-10H3,(H,43,44)/t24-,25-,28-,29?,30-,33+,34?,37?,38-,39-,40+/m1/s1. The third-order valence-electron chi connectivity index (χ3n) is 14.3. The summed E-state index contributed by atoms with van der Waals surface area (Å²) < 4.78 is 24.2. The quantitative estimate of drug-likeness (QED) is 0.140. The molecule has 1 saturated heterocycles. The lowest BCUT2D eigenvalue weighted by Gasteiger charge is -2.63. The Bertz CT molecular complexity index is 1440. The van der Waals surface area contributed by atoms with Crippen molar-refractivity contribution < 1.29 is 53.4 Å². The lowest BCUT2D eigenvalue weighted by Crippen LogP contribution is -2.61. The molecule has 51 heavy (non-hydrogen) atoms. The van der Waals surface area contributed by atoms with E-state index in [4.69, 9.17) is 18.9 Å². The zero-order valence-corrected chi connectivity index (χ0v) is 32.4. The Labute approximate surface area is 303 Å². The Balaban J connectivity index is 1.48. The number of rotatable bonds is 9. The predicted molar refractivity (Wildman–Crippen MR) is 187 cm³/mol. The first-order valence-corrected chi connectivity index (χ1v) is 18.9. The van der Waals surface area contributed by atoms with Gasteiger partial charge < -0.3 is 34.3 Å². The number of carboxylic acid groups (broad SMARTS) is 1. The molecule has 3 unspecified atom stereocenters. The fourth-order valence-corrected chi connectivity index (χ4v) is 11.9. The predicted octanol–water partition coefficient (Wildman–Crippen LogP) is 6.26. The van der Waals surface area contributed by atoms with E-state index >= 15 is 0 Å². The van der Waals surface area contributed by atoms with Crippen LogP contribution in [0.1, 0.15) is 140 Å². The van der Waals surface area contributed by atoms with Gasteiger partial charge >= 0.3 is 23.9 Å². The number of carbonyl (C=O) groups excluding carboxylic acids is 3. The summed E-state index contributed by atoms with van der Waals surface area (Å²) in [7, 11) is 0. The molecule has 0 aromatic carbocycles. The van der Waals surface area contributed by atoms with Crippen molar-refractivity contribution in [2.45, 2.75) is 176 Å². The third-order valence-corrected chi connectivity index (χ3v) is 14.3. The van der Waals surface area contributed by atoms with Crippen LogP contribution < -0.4 is 0 Å². The Kier molecular flexibility index (Phi) is 10.4. The molecule has 0 amide bonds. The van der Waals surface area contributed by atoms with Crippen molar-refractivity contribution in [3.8, 4) is 0 Å². The number of hydrogen-bond acceptors (Lipinski definition) is 10. The van der Waals surface area contributed by atoms with Crippen molar-refractivity contribution in [2.24, 2.45) is 39.4 Å². The molecule has 5 rings (SSSR count). The van der Waals surface area contributed by atoms with E-state index < -0.39 is 72.0 Å². The normalized spacial score (nSPS) is 40.2. The zero-order chi connectivity index (χ0) is 38.1. The minimum absolute atomic E-state index is 0.00799. The van der Waals surface area contributed by atoms with Gasteiger partial charge in [-0.3, -0.25) is 19.2 Å². The summed E-state index contributed by atoms with van der Waals surface area (Å²) in [6.07, 6.45) is 3.77. The van der Waals surface area contributed by atoms with Crippen LogP contribution in [0, 0.1) is 39.4 Å². The molecule has 1 aliphatic heterocycles. The van der Waals surface area contributed by atoms with Crippen LogP contribution in [0.2, 0.25) is 0 Å². The number of carbonyl (C=O) groups is 4. The first-order valence-electron chi connectivity index (χ1n) is 18.9. The Hall–Kier alpha value is -2.50. The van der Waals surface area contributed by atoms with Gasteiger partial charge in [-0.1, -0.05) is 45.8 Å². The molecule has 11 nitrogen and oxygen atoms in total. The third kappa shape index (κ3) is 7.12. The summed E-state index contributed by atoms with van der Waals surface area (Å²) in [5.74, 6) is -2.40. The molecule has 11 atom stereocenters. The minimum Gasteiger partial charge on any atom is -0.481 e. The Morgan fingerprint density at radius 2 is 1.47 bits per heavy atom. The summed E-state index contributed by atoms with van der Waals surface area (Å²) in [6.45, 7) is 18.8. The van der Waals surface area contributed by atoms with Crippen molar-refractivity contribution in [3.05, 3.63) is 11.1 Å². The van der Waals surface area contributed by atoms with E-state index in [0.717, 1.165) is 44.9 Å². The second kappa shape index (κ2) is 13.4. The monoisotopic (exact) mass is 718 g/mol. The second-order valence-corrected chi connectivity index (χ2v) is 18.7. The van der Waals surface area contributed by atoms with Crippen molar-refractivity contribution in [1.29, 1.82) is 0 Å². The van der Waals surface area contributed by atoms with E-state index in [0.29, 0.717) is 12.8 Å². The van der Waals surface area contributed by atoms with Crippen LogP contribution in [0.25, 0.3) is 0 Å². The van der Waals surface area contributed by atoms with E-state index in [1.54, 1.807) is 13.8 Å². The number of ether oxygens (including phenoxy) is 4. The molecule has 288 valence electrons. The van der Waals surface area contributed by atoms with Gasteiger partial charge in [0, 0.05) is 25.2 Å². The number of fused-ring (bicyclic) bond motifs is 4. The number of hydrogen-bond donors (Lipinski definition) is 3. The van der Waals surface area contributed by atoms with Crippen LogP contribution in [0.3, 0.4) is 0 Å².